The van der Waals surface area contributed by atoms with Gasteiger partial charge in [0.15, 0.2) is 11.5 Å². The summed E-state index contributed by atoms with van der Waals surface area (Å²) in [7, 11) is 0. The van der Waals surface area contributed by atoms with E-state index in [1.165, 1.54) is 4.88 Å². The largest absolute Gasteiger partial charge is 0.454 e. The number of ether oxygens (including phenoxy) is 3. The highest BCUT2D eigenvalue weighted by Crippen LogP contribution is 2.32. The summed E-state index contributed by atoms with van der Waals surface area (Å²) >= 11 is 1.72. The molecule has 3 rings (SSSR count). The standard InChI is InChI=1S/C19H23NO4S/c1-2-7-20(11-17-4-3-8-25-17)10-16(21)13-22-12-15-5-6-18-19(9-15)24-14-23-18/h2-6,8-9,16,21H,1,7,10-14H2. The maximum Gasteiger partial charge on any atom is 0.231 e. The molecule has 1 aromatic carbocycles. The highest BCUT2D eigenvalue weighted by atomic mass is 32.1. The minimum atomic E-state index is -0.547. The monoisotopic (exact) mass is 361 g/mol. The maximum absolute atomic E-state index is 10.3. The molecule has 0 aliphatic carbocycles. The van der Waals surface area contributed by atoms with Crippen LogP contribution >= 0.6 is 11.3 Å². The van der Waals surface area contributed by atoms with Crippen LogP contribution < -0.4 is 9.47 Å². The van der Waals surface area contributed by atoms with E-state index in [0.717, 1.165) is 30.2 Å². The SMILES string of the molecule is C=CCN(Cc1cccs1)CC(O)COCc1ccc2c(c1)OCO2. The summed E-state index contributed by atoms with van der Waals surface area (Å²) in [6, 6.07) is 9.88. The van der Waals surface area contributed by atoms with Gasteiger partial charge in [0.05, 0.1) is 19.3 Å². The molecule has 1 N–H and O–H groups in total. The van der Waals surface area contributed by atoms with E-state index in [9.17, 15) is 5.11 Å². The molecule has 1 atom stereocenters. The molecule has 2 aromatic rings. The molecule has 5 nitrogen and oxygen atoms in total. The number of thiophene rings is 1. The third kappa shape index (κ3) is 5.31. The molecule has 0 bridgehead atoms. The molecule has 25 heavy (non-hydrogen) atoms. The fraction of sp³-hybridized carbons (Fsp3) is 0.368. The van der Waals surface area contributed by atoms with Crippen LogP contribution in [0.4, 0.5) is 0 Å². The fourth-order valence-electron chi connectivity index (χ4n) is 2.70. The van der Waals surface area contributed by atoms with Crippen LogP contribution in [-0.4, -0.2) is 42.6 Å². The molecule has 1 aliphatic heterocycles. The summed E-state index contributed by atoms with van der Waals surface area (Å²) in [5, 5.41) is 12.3. The van der Waals surface area contributed by atoms with Crippen molar-refractivity contribution in [2.75, 3.05) is 26.5 Å². The zero-order chi connectivity index (χ0) is 17.5. The topological polar surface area (TPSA) is 51.2 Å². The van der Waals surface area contributed by atoms with Crippen molar-refractivity contribution in [3.63, 3.8) is 0 Å². The second-order valence-electron chi connectivity index (χ2n) is 5.92. The molecule has 1 aliphatic rings. The maximum atomic E-state index is 10.3. The van der Waals surface area contributed by atoms with Crippen LogP contribution in [0.15, 0.2) is 48.4 Å². The van der Waals surface area contributed by atoms with Crippen molar-refractivity contribution < 1.29 is 19.3 Å². The van der Waals surface area contributed by atoms with E-state index in [4.69, 9.17) is 14.2 Å². The molecule has 0 saturated carbocycles. The van der Waals surface area contributed by atoms with Crippen LogP contribution in [0, 0.1) is 0 Å². The Labute approximate surface area is 152 Å². The lowest BCUT2D eigenvalue weighted by Crippen LogP contribution is -2.34. The van der Waals surface area contributed by atoms with Gasteiger partial charge in [0.25, 0.3) is 0 Å². The molecule has 134 valence electrons. The Morgan fingerprint density at radius 3 is 3.00 bits per heavy atom. The number of fused-ring (bicyclic) bond motifs is 1. The Kier molecular flexibility index (Phi) is 6.47. The van der Waals surface area contributed by atoms with E-state index >= 15 is 0 Å². The van der Waals surface area contributed by atoms with Gasteiger partial charge in [-0.05, 0) is 29.1 Å². The van der Waals surface area contributed by atoms with Crippen molar-refractivity contribution in [3.8, 4) is 11.5 Å². The highest BCUT2D eigenvalue weighted by molar-refractivity contribution is 7.09. The minimum Gasteiger partial charge on any atom is -0.454 e. The number of benzene rings is 1. The number of rotatable bonds is 10. The van der Waals surface area contributed by atoms with Crippen LogP contribution in [-0.2, 0) is 17.9 Å². The highest BCUT2D eigenvalue weighted by Gasteiger charge is 2.14. The number of nitrogens with zero attached hydrogens (tertiary/aromatic N) is 1. The summed E-state index contributed by atoms with van der Waals surface area (Å²) < 4.78 is 16.3. The van der Waals surface area contributed by atoms with E-state index in [2.05, 4.69) is 22.9 Å². The van der Waals surface area contributed by atoms with Crippen LogP contribution in [0.2, 0.25) is 0 Å². The molecule has 2 heterocycles. The van der Waals surface area contributed by atoms with Crippen molar-refractivity contribution in [3.05, 3.63) is 58.8 Å². The lowest BCUT2D eigenvalue weighted by atomic mass is 10.2. The molecule has 1 unspecified atom stereocenters. The smallest absolute Gasteiger partial charge is 0.231 e. The predicted molar refractivity (Wildman–Crippen MR) is 98.0 cm³/mol. The van der Waals surface area contributed by atoms with Gasteiger partial charge in [-0.25, -0.2) is 0 Å². The third-order valence-corrected chi connectivity index (χ3v) is 4.69. The normalized spacial score (nSPS) is 14.0. The van der Waals surface area contributed by atoms with E-state index in [1.54, 1.807) is 11.3 Å². The first-order valence-corrected chi connectivity index (χ1v) is 9.12. The van der Waals surface area contributed by atoms with Gasteiger partial charge in [-0.2, -0.15) is 0 Å². The Morgan fingerprint density at radius 2 is 2.20 bits per heavy atom. The molecular weight excluding hydrogens is 338 g/mol. The predicted octanol–water partition coefficient (Wildman–Crippen LogP) is 3.04. The Hall–Kier alpha value is -1.86. The van der Waals surface area contributed by atoms with Crippen LogP contribution in [0.3, 0.4) is 0 Å². The van der Waals surface area contributed by atoms with E-state index in [1.807, 2.05) is 30.3 Å². The van der Waals surface area contributed by atoms with Crippen molar-refractivity contribution in [2.24, 2.45) is 0 Å². The number of aliphatic hydroxyl groups excluding tert-OH is 1. The van der Waals surface area contributed by atoms with Crippen LogP contribution in [0.1, 0.15) is 10.4 Å². The van der Waals surface area contributed by atoms with Gasteiger partial charge < -0.3 is 19.3 Å². The second-order valence-corrected chi connectivity index (χ2v) is 6.95. The van der Waals surface area contributed by atoms with Crippen molar-refractivity contribution in [2.45, 2.75) is 19.3 Å². The summed E-state index contributed by atoms with van der Waals surface area (Å²) in [5.41, 5.74) is 0.998. The molecule has 6 heteroatoms. The Balaban J connectivity index is 1.43. The first-order chi connectivity index (χ1) is 12.2. The first kappa shape index (κ1) is 17.9. The first-order valence-electron chi connectivity index (χ1n) is 8.24. The van der Waals surface area contributed by atoms with Crippen LogP contribution in [0.25, 0.3) is 0 Å². The Bertz CT molecular complexity index is 674. The fourth-order valence-corrected chi connectivity index (χ4v) is 3.45. The number of hydrogen-bond donors (Lipinski definition) is 1. The van der Waals surface area contributed by atoms with Gasteiger partial charge >= 0.3 is 0 Å². The molecule has 0 amide bonds. The summed E-state index contributed by atoms with van der Waals surface area (Å²) in [6.45, 7) is 6.86. The van der Waals surface area contributed by atoms with Gasteiger partial charge in [-0.3, -0.25) is 4.90 Å². The summed E-state index contributed by atoms with van der Waals surface area (Å²) in [4.78, 5) is 3.43. The average Bonchev–Trinajstić information content (AvgIpc) is 3.26. The summed E-state index contributed by atoms with van der Waals surface area (Å²) in [5.74, 6) is 1.51. The van der Waals surface area contributed by atoms with Gasteiger partial charge in [-0.15, -0.1) is 17.9 Å². The third-order valence-electron chi connectivity index (χ3n) is 3.83. The van der Waals surface area contributed by atoms with E-state index in [-0.39, 0.29) is 13.4 Å². The average molecular weight is 361 g/mol. The van der Waals surface area contributed by atoms with Crippen LogP contribution in [0.5, 0.6) is 11.5 Å². The quantitative estimate of drug-likeness (QED) is 0.659. The van der Waals surface area contributed by atoms with Crippen molar-refractivity contribution in [1.29, 1.82) is 0 Å². The van der Waals surface area contributed by atoms with Gasteiger partial charge in [-0.1, -0.05) is 18.2 Å². The molecule has 0 saturated heterocycles. The molecule has 0 fully saturated rings. The molecule has 0 radical (unpaired) electrons. The number of aliphatic hydroxyl groups is 1. The second kappa shape index (κ2) is 9.01. The summed E-state index contributed by atoms with van der Waals surface area (Å²) in [6.07, 6.45) is 1.31. The van der Waals surface area contributed by atoms with E-state index < -0.39 is 6.10 Å². The van der Waals surface area contributed by atoms with E-state index in [0.29, 0.717) is 13.2 Å². The Morgan fingerprint density at radius 1 is 1.32 bits per heavy atom. The van der Waals surface area contributed by atoms with Gasteiger partial charge in [0, 0.05) is 24.5 Å². The van der Waals surface area contributed by atoms with Gasteiger partial charge in [0.1, 0.15) is 0 Å². The zero-order valence-corrected chi connectivity index (χ0v) is 14.9. The van der Waals surface area contributed by atoms with Crippen molar-refractivity contribution >= 4 is 11.3 Å². The minimum absolute atomic E-state index is 0.266. The number of hydrogen-bond acceptors (Lipinski definition) is 6. The van der Waals surface area contributed by atoms with Crippen molar-refractivity contribution in [1.82, 2.24) is 4.90 Å². The zero-order valence-electron chi connectivity index (χ0n) is 14.1. The molecule has 0 spiro atoms. The lowest BCUT2D eigenvalue weighted by molar-refractivity contribution is 0.0105. The molecule has 1 aromatic heterocycles. The lowest BCUT2D eigenvalue weighted by Gasteiger charge is -2.23. The van der Waals surface area contributed by atoms with Gasteiger partial charge in [0.2, 0.25) is 6.79 Å². The molecular formula is C19H23NO4S.